The lowest BCUT2D eigenvalue weighted by Gasteiger charge is -2.46. The Hall–Kier alpha value is -6.21. The molecule has 9 nitrogen and oxygen atoms in total. The van der Waals surface area contributed by atoms with E-state index in [1.165, 1.54) is 5.56 Å². The highest BCUT2D eigenvalue weighted by Gasteiger charge is 2.73. The lowest BCUT2D eigenvalue weighted by Crippen LogP contribution is -2.53. The van der Waals surface area contributed by atoms with Crippen molar-refractivity contribution >= 4 is 23.5 Å². The van der Waals surface area contributed by atoms with Gasteiger partial charge in [0.25, 0.3) is 0 Å². The molecule has 5 aromatic rings. The van der Waals surface area contributed by atoms with Gasteiger partial charge < -0.3 is 20.9 Å². The third kappa shape index (κ3) is 5.82. The van der Waals surface area contributed by atoms with Crippen molar-refractivity contribution in [2.24, 2.45) is 11.7 Å². The van der Waals surface area contributed by atoms with E-state index in [4.69, 9.17) is 10.5 Å². The molecule has 4 N–H and O–H groups in total. The molecule has 2 fully saturated rings. The third-order valence-electron chi connectivity index (χ3n) is 10.7. The lowest BCUT2D eigenvalue weighted by atomic mass is 9.65. The number of aromatic hydroxyl groups is 1. The highest BCUT2D eigenvalue weighted by Crippen LogP contribution is 2.64. The van der Waals surface area contributed by atoms with E-state index in [9.17, 15) is 19.5 Å². The second kappa shape index (κ2) is 13.7. The van der Waals surface area contributed by atoms with Gasteiger partial charge in [0, 0.05) is 17.8 Å². The van der Waals surface area contributed by atoms with Gasteiger partial charge in [0.1, 0.15) is 23.3 Å². The molecule has 0 aromatic heterocycles. The number of carbonyl (C=O) groups is 3. The third-order valence-corrected chi connectivity index (χ3v) is 10.7. The molecule has 0 aliphatic carbocycles. The molecule has 3 aliphatic rings. The summed E-state index contributed by atoms with van der Waals surface area (Å²) in [4.78, 5) is 47.4. The number of phenolic OH excluding ortho intramolecular Hbond substituents is 1. The maximum atomic E-state index is 14.9. The SMILES string of the molecule is CN(CC#Cc1ccc2c(c1)[C@]1(C(=O)N2)[C@H](c2ccc(O)cc2)N2[C@H](c3ccccc3)[C@H](c3ccccc3)OC(=O)[C@H]2[C@@H]1C(N)=O)Cc1ccccc1. The molecule has 0 radical (unpaired) electrons. The topological polar surface area (TPSA) is 125 Å². The van der Waals surface area contributed by atoms with Gasteiger partial charge in [-0.05, 0) is 65.2 Å². The van der Waals surface area contributed by atoms with Crippen LogP contribution in [0.2, 0.25) is 0 Å². The predicted molar refractivity (Wildman–Crippen MR) is 200 cm³/mol. The van der Waals surface area contributed by atoms with Crippen molar-refractivity contribution in [2.75, 3.05) is 18.9 Å². The van der Waals surface area contributed by atoms with Crippen molar-refractivity contribution in [3.63, 3.8) is 0 Å². The molecule has 2 saturated heterocycles. The fourth-order valence-electron chi connectivity index (χ4n) is 8.58. The summed E-state index contributed by atoms with van der Waals surface area (Å²) in [6.07, 6.45) is -0.778. The standard InChI is InChI=1S/C44H38N4O5/c1-47(27-29-12-5-2-6-13-29)25-11-14-28-19-24-35-34(26-28)44(43(52)46-35)36(41(45)50)38-42(51)53-39(31-17-9-4-10-18-31)37(30-15-7-3-8-16-30)48(38)40(44)32-20-22-33(49)23-21-32/h2-10,12-13,15-24,26,36-40,49H,25,27H2,1H3,(H2,45,50)(H,46,52)/t36-,37-,38-,39+,40+,44-/m1/s1. The van der Waals surface area contributed by atoms with E-state index in [1.807, 2.05) is 103 Å². The van der Waals surface area contributed by atoms with E-state index in [1.54, 1.807) is 30.3 Å². The zero-order valence-electron chi connectivity index (χ0n) is 29.1. The van der Waals surface area contributed by atoms with Crippen molar-refractivity contribution < 1.29 is 24.2 Å². The predicted octanol–water partition coefficient (Wildman–Crippen LogP) is 5.63. The van der Waals surface area contributed by atoms with Gasteiger partial charge in [-0.2, -0.15) is 0 Å². The van der Waals surface area contributed by atoms with Crippen LogP contribution in [0.3, 0.4) is 0 Å². The van der Waals surface area contributed by atoms with Gasteiger partial charge in [-0.25, -0.2) is 0 Å². The Labute approximate surface area is 308 Å². The molecule has 6 atom stereocenters. The zero-order chi connectivity index (χ0) is 36.7. The first-order valence-electron chi connectivity index (χ1n) is 17.6. The van der Waals surface area contributed by atoms with E-state index in [0.717, 1.165) is 17.7 Å². The summed E-state index contributed by atoms with van der Waals surface area (Å²) in [7, 11) is 2.00. The van der Waals surface area contributed by atoms with Crippen molar-refractivity contribution in [3.8, 4) is 17.6 Å². The molecule has 2 amide bonds. The molecule has 5 aromatic carbocycles. The quantitative estimate of drug-likeness (QED) is 0.148. The number of primary amides is 1. The van der Waals surface area contributed by atoms with Gasteiger partial charge in [-0.1, -0.05) is 115 Å². The van der Waals surface area contributed by atoms with Crippen LogP contribution in [0.15, 0.2) is 133 Å². The molecule has 0 bridgehead atoms. The minimum Gasteiger partial charge on any atom is -0.508 e. The first-order valence-corrected chi connectivity index (χ1v) is 17.6. The summed E-state index contributed by atoms with van der Waals surface area (Å²) < 4.78 is 6.32. The molecule has 3 heterocycles. The highest BCUT2D eigenvalue weighted by atomic mass is 16.6. The number of amides is 2. The normalized spacial score (nSPS) is 24.5. The van der Waals surface area contributed by atoms with Gasteiger partial charge in [0.05, 0.1) is 24.5 Å². The monoisotopic (exact) mass is 702 g/mol. The average molecular weight is 703 g/mol. The number of morpholine rings is 1. The van der Waals surface area contributed by atoms with Gasteiger partial charge in [0.15, 0.2) is 0 Å². The number of rotatable bonds is 7. The molecule has 0 unspecified atom stereocenters. The molecule has 8 rings (SSSR count). The second-order valence-electron chi connectivity index (χ2n) is 13.9. The summed E-state index contributed by atoms with van der Waals surface area (Å²) in [6, 6.07) is 38.6. The van der Waals surface area contributed by atoms with E-state index in [-0.39, 0.29) is 5.75 Å². The summed E-state index contributed by atoms with van der Waals surface area (Å²) in [5.74, 6) is 3.35. The maximum Gasteiger partial charge on any atom is 0.324 e. The second-order valence-corrected chi connectivity index (χ2v) is 13.9. The number of fused-ring (bicyclic) bond motifs is 3. The number of esters is 1. The molecule has 9 heteroatoms. The summed E-state index contributed by atoms with van der Waals surface area (Å²) >= 11 is 0. The van der Waals surface area contributed by atoms with Crippen LogP contribution in [0, 0.1) is 17.8 Å². The number of nitrogens with zero attached hydrogens (tertiary/aromatic N) is 2. The first-order chi connectivity index (χ1) is 25.8. The fourth-order valence-corrected chi connectivity index (χ4v) is 8.58. The number of anilines is 1. The average Bonchev–Trinajstić information content (AvgIpc) is 3.65. The number of nitrogens with two attached hydrogens (primary N) is 1. The Bertz CT molecular complexity index is 2240. The lowest BCUT2D eigenvalue weighted by molar-refractivity contribution is -0.178. The van der Waals surface area contributed by atoms with Crippen LogP contribution >= 0.6 is 0 Å². The summed E-state index contributed by atoms with van der Waals surface area (Å²) in [6.45, 7) is 1.23. The minimum atomic E-state index is -1.66. The van der Waals surface area contributed by atoms with E-state index >= 15 is 0 Å². The Balaban J connectivity index is 1.30. The van der Waals surface area contributed by atoms with Crippen LogP contribution in [0.1, 0.15) is 51.6 Å². The van der Waals surface area contributed by atoms with Crippen molar-refractivity contribution in [1.29, 1.82) is 0 Å². The molecule has 53 heavy (non-hydrogen) atoms. The van der Waals surface area contributed by atoms with Gasteiger partial charge >= 0.3 is 5.97 Å². The van der Waals surface area contributed by atoms with E-state index in [0.29, 0.717) is 28.9 Å². The molecule has 264 valence electrons. The number of hydrogen-bond acceptors (Lipinski definition) is 7. The smallest absolute Gasteiger partial charge is 0.324 e. The number of cyclic esters (lactones) is 1. The van der Waals surface area contributed by atoms with Crippen LogP contribution < -0.4 is 11.1 Å². The Morgan fingerprint density at radius 1 is 0.849 bits per heavy atom. The van der Waals surface area contributed by atoms with Crippen LogP contribution in [0.25, 0.3) is 0 Å². The number of carbonyl (C=O) groups excluding carboxylic acids is 3. The molecule has 3 aliphatic heterocycles. The van der Waals surface area contributed by atoms with Crippen LogP contribution in [0.4, 0.5) is 5.69 Å². The van der Waals surface area contributed by atoms with Crippen LogP contribution in [0.5, 0.6) is 5.75 Å². The van der Waals surface area contributed by atoms with Gasteiger partial charge in [-0.3, -0.25) is 24.2 Å². The Morgan fingerprint density at radius 2 is 1.49 bits per heavy atom. The summed E-state index contributed by atoms with van der Waals surface area (Å²) in [5.41, 5.74) is 9.75. The number of hydrogen-bond donors (Lipinski definition) is 3. The highest BCUT2D eigenvalue weighted by molar-refractivity contribution is 6.12. The number of nitrogens with one attached hydrogen (secondary N) is 1. The number of phenols is 1. The van der Waals surface area contributed by atoms with Crippen LogP contribution in [-0.2, 0) is 31.1 Å². The largest absolute Gasteiger partial charge is 0.508 e. The number of benzene rings is 5. The van der Waals surface area contributed by atoms with Crippen LogP contribution in [-0.4, -0.2) is 52.3 Å². The summed E-state index contributed by atoms with van der Waals surface area (Å²) in [5, 5.41) is 13.4. The van der Waals surface area contributed by atoms with Crippen molar-refractivity contribution in [2.45, 2.75) is 36.2 Å². The number of ether oxygens (including phenoxy) is 1. The van der Waals surface area contributed by atoms with E-state index < -0.39 is 53.3 Å². The van der Waals surface area contributed by atoms with Crippen molar-refractivity contribution in [3.05, 3.63) is 167 Å². The fraction of sp³-hybridized carbons (Fsp3) is 0.205. The molecular weight excluding hydrogens is 665 g/mol. The zero-order valence-corrected chi connectivity index (χ0v) is 29.1. The van der Waals surface area contributed by atoms with Gasteiger partial charge in [-0.15, -0.1) is 0 Å². The Kier molecular flexibility index (Phi) is 8.79. The minimum absolute atomic E-state index is 0.0368. The van der Waals surface area contributed by atoms with Crippen molar-refractivity contribution in [1.82, 2.24) is 9.80 Å². The van der Waals surface area contributed by atoms with Gasteiger partial charge in [0.2, 0.25) is 11.8 Å². The molecule has 0 saturated carbocycles. The maximum absolute atomic E-state index is 14.9. The first kappa shape index (κ1) is 33.9. The molecular formula is C44H38N4O5. The van der Waals surface area contributed by atoms with E-state index in [2.05, 4.69) is 34.2 Å². The Morgan fingerprint density at radius 3 is 2.15 bits per heavy atom. The molecule has 1 spiro atoms.